The Morgan fingerprint density at radius 2 is 2.29 bits per heavy atom. The lowest BCUT2D eigenvalue weighted by molar-refractivity contribution is -0.139. The van der Waals surface area contributed by atoms with Crippen LogP contribution in [-0.2, 0) is 9.53 Å². The molecule has 0 saturated carbocycles. The second-order valence-corrected chi connectivity index (χ2v) is 3.31. The van der Waals surface area contributed by atoms with Gasteiger partial charge in [0, 0.05) is 6.08 Å². The Bertz CT molecular complexity index is 364. The van der Waals surface area contributed by atoms with Gasteiger partial charge in [0.1, 0.15) is 0 Å². The number of ether oxygens (including phenoxy) is 1. The molecular formula is C9H8O4S. The second kappa shape index (κ2) is 4.57. The first kappa shape index (κ1) is 10.5. The molecule has 0 fully saturated rings. The van der Waals surface area contributed by atoms with Crippen molar-refractivity contribution in [1.82, 2.24) is 0 Å². The van der Waals surface area contributed by atoms with Crippen molar-refractivity contribution >= 4 is 23.1 Å². The third-order valence-electron chi connectivity index (χ3n) is 1.43. The maximum atomic E-state index is 11.3. The number of allylic oxidation sites excluding steroid dienone is 1. The van der Waals surface area contributed by atoms with Crippen LogP contribution in [0.1, 0.15) is 9.67 Å². The molecule has 0 amide bonds. The minimum absolute atomic E-state index is 0.414. The highest BCUT2D eigenvalue weighted by molar-refractivity contribution is 7.12. The lowest BCUT2D eigenvalue weighted by atomic mass is 10.3. The molecule has 0 unspecified atom stereocenters. The van der Waals surface area contributed by atoms with Crippen molar-refractivity contribution in [2.45, 2.75) is 0 Å². The molecule has 1 N–H and O–H groups in total. The van der Waals surface area contributed by atoms with Crippen LogP contribution in [0.25, 0.3) is 0 Å². The quantitative estimate of drug-likeness (QED) is 0.357. The molecule has 74 valence electrons. The molecule has 0 atom stereocenters. The summed E-state index contributed by atoms with van der Waals surface area (Å²) in [5, 5.41) is 10.8. The number of carbonyl (C=O) groups excluding carboxylic acids is 2. The summed E-state index contributed by atoms with van der Waals surface area (Å²) in [7, 11) is 1.13. The lowest BCUT2D eigenvalue weighted by Gasteiger charge is -1.95. The van der Waals surface area contributed by atoms with Gasteiger partial charge in [-0.05, 0) is 11.4 Å². The summed E-state index contributed by atoms with van der Waals surface area (Å²) in [4.78, 5) is 22.5. The van der Waals surface area contributed by atoms with Crippen molar-refractivity contribution in [1.29, 1.82) is 0 Å². The van der Waals surface area contributed by atoms with Crippen LogP contribution in [0.5, 0.6) is 0 Å². The Balaban J connectivity index is 2.78. The zero-order chi connectivity index (χ0) is 10.6. The molecule has 0 spiro atoms. The van der Waals surface area contributed by atoms with E-state index in [0.29, 0.717) is 4.88 Å². The van der Waals surface area contributed by atoms with E-state index < -0.39 is 17.5 Å². The van der Waals surface area contributed by atoms with E-state index in [1.165, 1.54) is 11.3 Å². The smallest absolute Gasteiger partial charge is 0.373 e. The Morgan fingerprint density at radius 3 is 2.79 bits per heavy atom. The van der Waals surface area contributed by atoms with Crippen LogP contribution in [-0.4, -0.2) is 24.0 Å². The molecule has 1 aromatic rings. The van der Waals surface area contributed by atoms with Gasteiger partial charge in [-0.15, -0.1) is 11.3 Å². The van der Waals surface area contributed by atoms with Gasteiger partial charge in [-0.25, -0.2) is 4.79 Å². The number of aliphatic hydroxyl groups excluding tert-OH is 1. The van der Waals surface area contributed by atoms with Gasteiger partial charge in [0.05, 0.1) is 12.0 Å². The largest absolute Gasteiger partial charge is 0.502 e. The summed E-state index contributed by atoms with van der Waals surface area (Å²) in [5.74, 6) is -2.02. The average molecular weight is 212 g/mol. The highest BCUT2D eigenvalue weighted by Gasteiger charge is 2.11. The summed E-state index contributed by atoms with van der Waals surface area (Å²) in [6.07, 6.45) is 0.845. The maximum Gasteiger partial charge on any atom is 0.373 e. The molecule has 0 aromatic carbocycles. The third kappa shape index (κ3) is 2.43. The molecule has 14 heavy (non-hydrogen) atoms. The van der Waals surface area contributed by atoms with E-state index in [2.05, 4.69) is 4.74 Å². The predicted molar refractivity (Wildman–Crippen MR) is 51.4 cm³/mol. The van der Waals surface area contributed by atoms with Crippen molar-refractivity contribution in [3.05, 3.63) is 34.2 Å². The number of methoxy groups -OCH3 is 1. The van der Waals surface area contributed by atoms with Crippen molar-refractivity contribution in [3.8, 4) is 0 Å². The zero-order valence-electron chi connectivity index (χ0n) is 7.39. The highest BCUT2D eigenvalue weighted by atomic mass is 32.1. The fourth-order valence-corrected chi connectivity index (χ4v) is 1.41. The number of thiophene rings is 1. The third-order valence-corrected chi connectivity index (χ3v) is 2.31. The Hall–Kier alpha value is -1.62. The van der Waals surface area contributed by atoms with Gasteiger partial charge >= 0.3 is 5.97 Å². The van der Waals surface area contributed by atoms with Gasteiger partial charge in [-0.1, -0.05) is 6.07 Å². The Kier molecular flexibility index (Phi) is 3.41. The molecule has 0 aliphatic carbocycles. The normalized spacial score (nSPS) is 11.1. The van der Waals surface area contributed by atoms with E-state index in [-0.39, 0.29) is 0 Å². The minimum atomic E-state index is -0.921. The number of ketones is 1. The lowest BCUT2D eigenvalue weighted by Crippen LogP contribution is -2.06. The number of rotatable bonds is 3. The van der Waals surface area contributed by atoms with Crippen LogP contribution < -0.4 is 0 Å². The fraction of sp³-hybridized carbons (Fsp3) is 0.111. The fourth-order valence-electron chi connectivity index (χ4n) is 0.778. The zero-order valence-corrected chi connectivity index (χ0v) is 8.21. The van der Waals surface area contributed by atoms with Crippen molar-refractivity contribution in [3.63, 3.8) is 0 Å². The van der Waals surface area contributed by atoms with Crippen LogP contribution in [0.3, 0.4) is 0 Å². The van der Waals surface area contributed by atoms with Gasteiger partial charge in [0.25, 0.3) is 0 Å². The van der Waals surface area contributed by atoms with Crippen LogP contribution in [0, 0.1) is 0 Å². The van der Waals surface area contributed by atoms with Gasteiger partial charge < -0.3 is 9.84 Å². The second-order valence-electron chi connectivity index (χ2n) is 2.36. The first-order valence-electron chi connectivity index (χ1n) is 3.72. The summed E-state index contributed by atoms with van der Waals surface area (Å²) in [6.45, 7) is 0. The molecule has 0 radical (unpaired) electrons. The molecule has 1 heterocycles. The molecule has 0 saturated heterocycles. The molecule has 0 aliphatic rings. The van der Waals surface area contributed by atoms with Crippen molar-refractivity contribution in [2.75, 3.05) is 7.11 Å². The van der Waals surface area contributed by atoms with Crippen LogP contribution in [0.15, 0.2) is 29.3 Å². The van der Waals surface area contributed by atoms with E-state index in [4.69, 9.17) is 5.11 Å². The van der Waals surface area contributed by atoms with Crippen molar-refractivity contribution in [2.24, 2.45) is 0 Å². The topological polar surface area (TPSA) is 63.6 Å². The van der Waals surface area contributed by atoms with Crippen LogP contribution >= 0.6 is 11.3 Å². The van der Waals surface area contributed by atoms with E-state index >= 15 is 0 Å². The molecule has 1 rings (SSSR count). The van der Waals surface area contributed by atoms with Gasteiger partial charge in [-0.2, -0.15) is 0 Å². The number of esters is 1. The van der Waals surface area contributed by atoms with Crippen LogP contribution in [0.2, 0.25) is 0 Å². The monoisotopic (exact) mass is 212 g/mol. The average Bonchev–Trinajstić information content (AvgIpc) is 2.69. The molecular weight excluding hydrogens is 204 g/mol. The standard InChI is InChI=1S/C9H8O4S/c1-13-9(12)7(11)5-6(10)8-3-2-4-14-8/h2-5,11H,1H3. The number of hydrogen-bond acceptors (Lipinski definition) is 5. The van der Waals surface area contributed by atoms with E-state index in [0.717, 1.165) is 13.2 Å². The summed E-state index contributed by atoms with van der Waals surface area (Å²) in [6, 6.07) is 3.31. The number of carbonyl (C=O) groups is 2. The van der Waals surface area contributed by atoms with E-state index in [9.17, 15) is 9.59 Å². The molecule has 4 nitrogen and oxygen atoms in total. The predicted octanol–water partition coefficient (Wildman–Crippen LogP) is 1.55. The SMILES string of the molecule is COC(=O)C(O)=CC(=O)c1cccs1. The molecule has 1 aromatic heterocycles. The first-order chi connectivity index (χ1) is 6.65. The Morgan fingerprint density at radius 1 is 1.57 bits per heavy atom. The van der Waals surface area contributed by atoms with E-state index in [1.807, 2.05) is 0 Å². The highest BCUT2D eigenvalue weighted by Crippen LogP contribution is 2.10. The molecule has 5 heteroatoms. The van der Waals surface area contributed by atoms with Crippen molar-refractivity contribution < 1.29 is 19.4 Å². The van der Waals surface area contributed by atoms with Crippen LogP contribution in [0.4, 0.5) is 0 Å². The van der Waals surface area contributed by atoms with Gasteiger partial charge in [0.15, 0.2) is 5.78 Å². The minimum Gasteiger partial charge on any atom is -0.502 e. The Labute approximate surface area is 84.4 Å². The molecule has 0 bridgehead atoms. The summed E-state index contributed by atoms with van der Waals surface area (Å²) < 4.78 is 4.22. The van der Waals surface area contributed by atoms with E-state index in [1.54, 1.807) is 17.5 Å². The summed E-state index contributed by atoms with van der Waals surface area (Å²) >= 11 is 1.23. The first-order valence-corrected chi connectivity index (χ1v) is 4.60. The number of aliphatic hydroxyl groups is 1. The van der Waals surface area contributed by atoms with Gasteiger partial charge in [0.2, 0.25) is 5.76 Å². The maximum absolute atomic E-state index is 11.3. The summed E-state index contributed by atoms with van der Waals surface area (Å²) in [5.41, 5.74) is 0. The van der Waals surface area contributed by atoms with Gasteiger partial charge in [-0.3, -0.25) is 4.79 Å². The molecule has 0 aliphatic heterocycles. The number of hydrogen-bond donors (Lipinski definition) is 1.